The first-order valence-electron chi connectivity index (χ1n) is 5.98. The molecule has 3 atom stereocenters. The summed E-state index contributed by atoms with van der Waals surface area (Å²) in [5.74, 6) is 0.696. The number of ether oxygens (including phenoxy) is 2. The maximum absolute atomic E-state index is 5.94. The van der Waals surface area contributed by atoms with Crippen LogP contribution in [0, 0.1) is 0 Å². The van der Waals surface area contributed by atoms with Crippen LogP contribution in [0.4, 0.5) is 0 Å². The molecule has 1 fully saturated rings. The fraction of sp³-hybridized carbons (Fsp3) is 0.538. The molecule has 0 heterocycles. The van der Waals surface area contributed by atoms with Crippen LogP contribution in [0.5, 0.6) is 5.75 Å². The number of halogens is 3. The van der Waals surface area contributed by atoms with Crippen LogP contribution < -0.4 is 4.74 Å². The van der Waals surface area contributed by atoms with E-state index in [0.29, 0.717) is 20.6 Å². The molecule has 0 N–H and O–H groups in total. The zero-order valence-electron chi connectivity index (χ0n) is 10.0. The number of rotatable bonds is 5. The molecule has 1 aromatic rings. The van der Waals surface area contributed by atoms with Gasteiger partial charge in [0.15, 0.2) is 0 Å². The largest absolute Gasteiger partial charge is 0.488 e. The summed E-state index contributed by atoms with van der Waals surface area (Å²) in [6, 6.07) is 5.23. The van der Waals surface area contributed by atoms with Crippen molar-refractivity contribution in [1.29, 1.82) is 0 Å². The lowest BCUT2D eigenvalue weighted by atomic mass is 9.91. The van der Waals surface area contributed by atoms with Crippen molar-refractivity contribution in [2.75, 3.05) is 6.61 Å². The highest BCUT2D eigenvalue weighted by Crippen LogP contribution is 2.35. The predicted octanol–water partition coefficient (Wildman–Crippen LogP) is 4.70. The normalized spacial score (nSPS) is 26.8. The Kier molecular flexibility index (Phi) is 5.19. The van der Waals surface area contributed by atoms with Gasteiger partial charge in [-0.05, 0) is 24.6 Å². The summed E-state index contributed by atoms with van der Waals surface area (Å²) < 4.78 is 11.6. The van der Waals surface area contributed by atoms with Crippen LogP contribution in [0.15, 0.2) is 18.2 Å². The summed E-state index contributed by atoms with van der Waals surface area (Å²) in [6.07, 6.45) is 2.10. The monoisotopic (exact) mass is 352 g/mol. The van der Waals surface area contributed by atoms with E-state index < -0.39 is 0 Å². The van der Waals surface area contributed by atoms with Crippen LogP contribution in [-0.4, -0.2) is 23.6 Å². The lowest BCUT2D eigenvalue weighted by Crippen LogP contribution is -2.52. The standard InChI is InChI=1S/C13H15BrCl2O2/c1-2-3-17-13-11(14)7-12(13)18-10-5-8(15)4-9(16)6-10/h4-6,11-13H,2-3,7H2,1H3. The molecule has 1 aliphatic rings. The maximum atomic E-state index is 5.94. The minimum absolute atomic E-state index is 0.0652. The van der Waals surface area contributed by atoms with E-state index in [9.17, 15) is 0 Å². The first kappa shape index (κ1) is 14.4. The highest BCUT2D eigenvalue weighted by molar-refractivity contribution is 9.09. The molecule has 0 radical (unpaired) electrons. The lowest BCUT2D eigenvalue weighted by molar-refractivity contribution is -0.0762. The van der Waals surface area contributed by atoms with Crippen molar-refractivity contribution in [3.8, 4) is 5.75 Å². The molecule has 18 heavy (non-hydrogen) atoms. The van der Waals surface area contributed by atoms with E-state index in [0.717, 1.165) is 19.4 Å². The van der Waals surface area contributed by atoms with Crippen LogP contribution in [0.3, 0.4) is 0 Å². The van der Waals surface area contributed by atoms with E-state index >= 15 is 0 Å². The topological polar surface area (TPSA) is 18.5 Å². The summed E-state index contributed by atoms with van der Waals surface area (Å²) in [4.78, 5) is 0.365. The Hall–Kier alpha value is 0.0400. The maximum Gasteiger partial charge on any atom is 0.127 e. The van der Waals surface area contributed by atoms with Crippen LogP contribution in [0.1, 0.15) is 19.8 Å². The summed E-state index contributed by atoms with van der Waals surface area (Å²) >= 11 is 15.5. The van der Waals surface area contributed by atoms with Crippen LogP contribution in [0.2, 0.25) is 10.0 Å². The molecule has 2 nitrogen and oxygen atoms in total. The quantitative estimate of drug-likeness (QED) is 0.714. The fourth-order valence-corrected chi connectivity index (χ4v) is 3.25. The Morgan fingerprint density at radius 3 is 2.50 bits per heavy atom. The highest BCUT2D eigenvalue weighted by atomic mass is 79.9. The van der Waals surface area contributed by atoms with Crippen LogP contribution in [-0.2, 0) is 4.74 Å². The fourth-order valence-electron chi connectivity index (χ4n) is 1.88. The lowest BCUT2D eigenvalue weighted by Gasteiger charge is -2.40. The van der Waals surface area contributed by atoms with Crippen molar-refractivity contribution in [2.24, 2.45) is 0 Å². The van der Waals surface area contributed by atoms with Gasteiger partial charge in [0.1, 0.15) is 18.0 Å². The van der Waals surface area contributed by atoms with Gasteiger partial charge >= 0.3 is 0 Å². The molecule has 0 spiro atoms. The Bertz CT molecular complexity index is 394. The SMILES string of the molecule is CCCOC1C(Br)CC1Oc1cc(Cl)cc(Cl)c1. The van der Waals surface area contributed by atoms with Gasteiger partial charge in [-0.1, -0.05) is 46.1 Å². The van der Waals surface area contributed by atoms with Crippen molar-refractivity contribution in [2.45, 2.75) is 36.8 Å². The second-order valence-corrected chi connectivity index (χ2v) is 6.40. The molecule has 0 aliphatic heterocycles. The molecular weight excluding hydrogens is 339 g/mol. The van der Waals surface area contributed by atoms with Crippen molar-refractivity contribution < 1.29 is 9.47 Å². The average Bonchev–Trinajstić information content (AvgIpc) is 2.27. The molecule has 5 heteroatoms. The van der Waals surface area contributed by atoms with Gasteiger partial charge in [0.25, 0.3) is 0 Å². The number of hydrogen-bond donors (Lipinski definition) is 0. The molecule has 0 bridgehead atoms. The van der Waals surface area contributed by atoms with Crippen LogP contribution >= 0.6 is 39.1 Å². The summed E-state index contributed by atoms with van der Waals surface area (Å²) in [7, 11) is 0. The zero-order valence-corrected chi connectivity index (χ0v) is 13.1. The number of alkyl halides is 1. The van der Waals surface area contributed by atoms with Gasteiger partial charge in [-0.25, -0.2) is 0 Å². The van der Waals surface area contributed by atoms with E-state index in [1.807, 2.05) is 0 Å². The van der Waals surface area contributed by atoms with Gasteiger partial charge in [0.05, 0.1) is 0 Å². The second kappa shape index (κ2) is 6.47. The third-order valence-electron chi connectivity index (χ3n) is 2.82. The number of hydrogen-bond acceptors (Lipinski definition) is 2. The van der Waals surface area contributed by atoms with Gasteiger partial charge in [-0.15, -0.1) is 0 Å². The molecule has 1 aliphatic carbocycles. The van der Waals surface area contributed by atoms with E-state index in [4.69, 9.17) is 32.7 Å². The Morgan fingerprint density at radius 1 is 1.28 bits per heavy atom. The number of benzene rings is 1. The van der Waals surface area contributed by atoms with E-state index in [1.165, 1.54) is 0 Å². The van der Waals surface area contributed by atoms with E-state index in [1.54, 1.807) is 18.2 Å². The first-order valence-corrected chi connectivity index (χ1v) is 7.65. The molecular formula is C13H15BrCl2O2. The third-order valence-corrected chi connectivity index (χ3v) is 4.15. The first-order chi connectivity index (χ1) is 8.60. The zero-order chi connectivity index (χ0) is 13.1. The van der Waals surface area contributed by atoms with Gasteiger partial charge in [-0.3, -0.25) is 0 Å². The molecule has 1 aromatic carbocycles. The highest BCUT2D eigenvalue weighted by Gasteiger charge is 2.42. The average molecular weight is 354 g/mol. The molecule has 0 saturated heterocycles. The molecule has 0 amide bonds. The smallest absolute Gasteiger partial charge is 0.127 e. The van der Waals surface area contributed by atoms with Crippen molar-refractivity contribution in [3.63, 3.8) is 0 Å². The minimum Gasteiger partial charge on any atom is -0.488 e. The summed E-state index contributed by atoms with van der Waals surface area (Å²) in [5.41, 5.74) is 0. The Morgan fingerprint density at radius 2 is 1.94 bits per heavy atom. The molecule has 1 saturated carbocycles. The predicted molar refractivity (Wildman–Crippen MR) is 78.2 cm³/mol. The van der Waals surface area contributed by atoms with E-state index in [-0.39, 0.29) is 12.2 Å². The Balaban J connectivity index is 1.96. The van der Waals surface area contributed by atoms with Crippen molar-refractivity contribution in [1.82, 2.24) is 0 Å². The van der Waals surface area contributed by atoms with Gasteiger partial charge in [0, 0.05) is 27.9 Å². The third kappa shape index (κ3) is 3.53. The summed E-state index contributed by atoms with van der Waals surface area (Å²) in [6.45, 7) is 2.84. The molecule has 2 rings (SSSR count). The van der Waals surface area contributed by atoms with Crippen molar-refractivity contribution in [3.05, 3.63) is 28.2 Å². The minimum atomic E-state index is 0.0652. The van der Waals surface area contributed by atoms with Crippen molar-refractivity contribution >= 4 is 39.1 Å². The molecule has 100 valence electrons. The van der Waals surface area contributed by atoms with Gasteiger partial charge in [-0.2, -0.15) is 0 Å². The molecule has 0 aromatic heterocycles. The van der Waals surface area contributed by atoms with Crippen LogP contribution in [0.25, 0.3) is 0 Å². The van der Waals surface area contributed by atoms with E-state index in [2.05, 4.69) is 22.9 Å². The molecule has 3 unspecified atom stereocenters. The van der Waals surface area contributed by atoms with Gasteiger partial charge < -0.3 is 9.47 Å². The van der Waals surface area contributed by atoms with Gasteiger partial charge in [0.2, 0.25) is 0 Å². The summed E-state index contributed by atoms with van der Waals surface area (Å²) in [5, 5.41) is 1.16. The second-order valence-electron chi connectivity index (χ2n) is 4.35. The Labute approximate surface area is 126 Å².